The minimum atomic E-state index is -0.989. The fourth-order valence-corrected chi connectivity index (χ4v) is 5.00. The topological polar surface area (TPSA) is 105 Å². The van der Waals surface area contributed by atoms with Crippen LogP contribution in [0, 0.1) is 0 Å². The Hall–Kier alpha value is -5.11. The zero-order chi connectivity index (χ0) is 31.3. The zero-order valence-electron chi connectivity index (χ0n) is 25.1. The van der Waals surface area contributed by atoms with Crippen LogP contribution in [0.4, 0.5) is 0 Å². The van der Waals surface area contributed by atoms with E-state index in [1.165, 1.54) is 0 Å². The van der Waals surface area contributed by atoms with Gasteiger partial charge in [0.25, 0.3) is 11.8 Å². The number of hydrogen-bond acceptors (Lipinski definition) is 5. The van der Waals surface area contributed by atoms with Crippen LogP contribution in [-0.2, 0) is 17.6 Å². The number of benzene rings is 4. The summed E-state index contributed by atoms with van der Waals surface area (Å²) in [5.41, 5.74) is 4.13. The second-order valence-electron chi connectivity index (χ2n) is 10.2. The number of carbonyl (C=O) groups excluding carboxylic acids is 2. The molecule has 0 bridgehead atoms. The molecule has 0 spiro atoms. The lowest BCUT2D eigenvalue weighted by atomic mass is 9.94. The summed E-state index contributed by atoms with van der Waals surface area (Å²) in [6, 6.07) is 29.9. The molecule has 0 aromatic heterocycles. The van der Waals surface area contributed by atoms with Crippen LogP contribution in [0.1, 0.15) is 45.2 Å². The number of nitrogens with zero attached hydrogens (tertiary/aromatic N) is 1. The summed E-state index contributed by atoms with van der Waals surface area (Å²) in [4.78, 5) is 40.4. The first kappa shape index (κ1) is 31.8. The molecule has 0 heterocycles. The second kappa shape index (κ2) is 15.9. The molecular formula is C36H38N2O6. The van der Waals surface area contributed by atoms with Crippen molar-refractivity contribution >= 4 is 17.8 Å². The minimum absolute atomic E-state index is 0.0400. The average molecular weight is 595 g/mol. The van der Waals surface area contributed by atoms with E-state index in [1.54, 1.807) is 36.3 Å². The van der Waals surface area contributed by atoms with Crippen molar-refractivity contribution in [1.29, 1.82) is 0 Å². The maximum atomic E-state index is 14.0. The lowest BCUT2D eigenvalue weighted by Gasteiger charge is -2.24. The predicted molar refractivity (Wildman–Crippen MR) is 170 cm³/mol. The van der Waals surface area contributed by atoms with Gasteiger partial charge < -0.3 is 24.8 Å². The first-order valence-electron chi connectivity index (χ1n) is 14.7. The van der Waals surface area contributed by atoms with Crippen molar-refractivity contribution < 1.29 is 29.0 Å². The van der Waals surface area contributed by atoms with E-state index in [2.05, 4.69) is 5.32 Å². The van der Waals surface area contributed by atoms with E-state index < -0.39 is 5.97 Å². The van der Waals surface area contributed by atoms with Gasteiger partial charge in [0, 0.05) is 30.8 Å². The lowest BCUT2D eigenvalue weighted by Crippen LogP contribution is -2.35. The van der Waals surface area contributed by atoms with Gasteiger partial charge >= 0.3 is 5.97 Å². The summed E-state index contributed by atoms with van der Waals surface area (Å²) in [6.45, 7) is 3.20. The van der Waals surface area contributed by atoms with Crippen molar-refractivity contribution in [2.45, 2.75) is 26.2 Å². The highest BCUT2D eigenvalue weighted by molar-refractivity contribution is 6.06. The Morgan fingerprint density at radius 3 is 2.09 bits per heavy atom. The molecule has 8 nitrogen and oxygen atoms in total. The predicted octanol–water partition coefficient (Wildman–Crippen LogP) is 5.89. The van der Waals surface area contributed by atoms with Crippen LogP contribution < -0.4 is 14.8 Å². The molecule has 2 amide bonds. The van der Waals surface area contributed by atoms with E-state index in [-0.39, 0.29) is 24.8 Å². The Labute approximate surface area is 258 Å². The molecule has 4 rings (SSSR count). The average Bonchev–Trinajstić information content (AvgIpc) is 3.05. The van der Waals surface area contributed by atoms with Crippen molar-refractivity contribution in [3.8, 4) is 22.6 Å². The highest BCUT2D eigenvalue weighted by atomic mass is 16.5. The molecule has 228 valence electrons. The molecule has 0 saturated heterocycles. The van der Waals surface area contributed by atoms with Gasteiger partial charge in [0.2, 0.25) is 0 Å². The quantitative estimate of drug-likeness (QED) is 0.178. The van der Waals surface area contributed by atoms with Gasteiger partial charge in [0.1, 0.15) is 0 Å². The minimum Gasteiger partial charge on any atom is -0.493 e. The van der Waals surface area contributed by atoms with Crippen LogP contribution >= 0.6 is 0 Å². The molecule has 0 fully saturated rings. The van der Waals surface area contributed by atoms with Gasteiger partial charge in [0.05, 0.1) is 20.1 Å². The largest absolute Gasteiger partial charge is 0.493 e. The summed E-state index contributed by atoms with van der Waals surface area (Å²) < 4.78 is 11.1. The molecule has 2 N–H and O–H groups in total. The van der Waals surface area contributed by atoms with Gasteiger partial charge in [-0.25, -0.2) is 0 Å². The molecule has 0 aliphatic heterocycles. The Balaban J connectivity index is 1.56. The van der Waals surface area contributed by atoms with Gasteiger partial charge in [-0.15, -0.1) is 0 Å². The Bertz CT molecular complexity index is 1570. The maximum Gasteiger partial charge on any atom is 0.305 e. The van der Waals surface area contributed by atoms with Crippen LogP contribution in [0.25, 0.3) is 11.1 Å². The van der Waals surface area contributed by atoms with Crippen LogP contribution in [0.3, 0.4) is 0 Å². The van der Waals surface area contributed by atoms with Crippen LogP contribution in [0.2, 0.25) is 0 Å². The smallest absolute Gasteiger partial charge is 0.305 e. The summed E-state index contributed by atoms with van der Waals surface area (Å²) >= 11 is 0. The molecule has 4 aromatic carbocycles. The third-order valence-electron chi connectivity index (χ3n) is 7.24. The van der Waals surface area contributed by atoms with Crippen LogP contribution in [0.5, 0.6) is 11.5 Å². The van der Waals surface area contributed by atoms with Crippen molar-refractivity contribution in [2.24, 2.45) is 0 Å². The summed E-state index contributed by atoms with van der Waals surface area (Å²) in [7, 11) is 1.57. The van der Waals surface area contributed by atoms with E-state index in [1.807, 2.05) is 79.7 Å². The molecule has 0 atom stereocenters. The van der Waals surface area contributed by atoms with Gasteiger partial charge in [-0.1, -0.05) is 72.8 Å². The molecule has 0 radical (unpaired) electrons. The molecule has 0 unspecified atom stereocenters. The van der Waals surface area contributed by atoms with Crippen molar-refractivity contribution in [3.63, 3.8) is 0 Å². The lowest BCUT2D eigenvalue weighted by molar-refractivity contribution is -0.137. The van der Waals surface area contributed by atoms with Crippen molar-refractivity contribution in [3.05, 3.63) is 119 Å². The highest BCUT2D eigenvalue weighted by Gasteiger charge is 2.23. The fourth-order valence-electron chi connectivity index (χ4n) is 5.00. The Morgan fingerprint density at radius 2 is 1.41 bits per heavy atom. The van der Waals surface area contributed by atoms with Gasteiger partial charge in [0.15, 0.2) is 11.5 Å². The summed E-state index contributed by atoms with van der Waals surface area (Å²) in [6.07, 6.45) is 0.986. The van der Waals surface area contributed by atoms with E-state index in [4.69, 9.17) is 9.47 Å². The molecule has 44 heavy (non-hydrogen) atoms. The van der Waals surface area contributed by atoms with Crippen molar-refractivity contribution in [2.75, 3.05) is 33.4 Å². The number of amides is 2. The van der Waals surface area contributed by atoms with Gasteiger partial charge in [-0.2, -0.15) is 0 Å². The van der Waals surface area contributed by atoms with Crippen LogP contribution in [-0.4, -0.2) is 61.1 Å². The Morgan fingerprint density at radius 1 is 0.750 bits per heavy atom. The van der Waals surface area contributed by atoms with Gasteiger partial charge in [-0.05, 0) is 66.3 Å². The molecule has 0 saturated carbocycles. The molecule has 8 heteroatoms. The molecular weight excluding hydrogens is 556 g/mol. The second-order valence-corrected chi connectivity index (χ2v) is 10.2. The number of carboxylic acids is 1. The fraction of sp³-hybridized carbons (Fsp3) is 0.250. The number of ether oxygens (including phenoxy) is 2. The van der Waals surface area contributed by atoms with E-state index >= 15 is 0 Å². The zero-order valence-corrected chi connectivity index (χ0v) is 25.1. The monoisotopic (exact) mass is 594 g/mol. The highest BCUT2D eigenvalue weighted by Crippen LogP contribution is 2.30. The number of hydrogen-bond donors (Lipinski definition) is 2. The first-order valence-corrected chi connectivity index (χ1v) is 14.7. The number of carbonyl (C=O) groups is 3. The van der Waals surface area contributed by atoms with E-state index in [0.29, 0.717) is 66.3 Å². The third-order valence-corrected chi connectivity index (χ3v) is 7.24. The number of nitrogens with one attached hydrogen (secondary N) is 1. The first-order chi connectivity index (χ1) is 21.4. The number of aliphatic carboxylic acids is 1. The maximum absolute atomic E-state index is 14.0. The number of methoxy groups -OCH3 is 1. The van der Waals surface area contributed by atoms with Gasteiger partial charge in [-0.3, -0.25) is 14.4 Å². The summed E-state index contributed by atoms with van der Waals surface area (Å²) in [5, 5.41) is 12.4. The molecule has 0 aliphatic rings. The molecule has 4 aromatic rings. The van der Waals surface area contributed by atoms with E-state index in [0.717, 1.165) is 11.1 Å². The van der Waals surface area contributed by atoms with Crippen molar-refractivity contribution in [1.82, 2.24) is 10.2 Å². The normalized spacial score (nSPS) is 10.6. The van der Waals surface area contributed by atoms with Crippen LogP contribution in [0.15, 0.2) is 97.1 Å². The summed E-state index contributed by atoms with van der Waals surface area (Å²) in [5.74, 6) is -0.299. The molecule has 0 aliphatic carbocycles. The number of rotatable bonds is 15. The third kappa shape index (κ3) is 8.47. The Kier molecular flexibility index (Phi) is 11.5. The SMILES string of the molecule is CCOc1ccc(CCN(CCC(=O)O)C(=O)c2ccccc2-c2ccccc2C(=O)NCCc2ccccc2)cc1OC. The van der Waals surface area contributed by atoms with E-state index in [9.17, 15) is 19.5 Å². The standard InChI is InChI=1S/C36H38N2O6/c1-3-44-32-18-17-27(25-33(32)43-2)20-23-38(24-21-34(39)40)36(42)31-16-10-8-14-29(31)28-13-7-9-15-30(28)35(41)37-22-19-26-11-5-4-6-12-26/h4-18,25H,3,19-24H2,1-2H3,(H,37,41)(H,39,40). The number of carboxylic acid groups (broad SMARTS) is 1.